The van der Waals surface area contributed by atoms with Crippen LogP contribution in [0, 0.1) is 10.1 Å². The van der Waals surface area contributed by atoms with Crippen LogP contribution in [0.25, 0.3) is 11.4 Å². The van der Waals surface area contributed by atoms with Gasteiger partial charge in [0, 0.05) is 5.56 Å². The highest BCUT2D eigenvalue weighted by atomic mass is 16.6. The number of aromatic hydroxyl groups is 1. The first-order chi connectivity index (χ1) is 8.49. The topological polar surface area (TPSA) is 141 Å². The Balaban J connectivity index is 2.58. The van der Waals surface area contributed by atoms with Gasteiger partial charge in [0.05, 0.1) is 4.92 Å². The number of nitrogens with zero attached hydrogens (tertiary/aromatic N) is 3. The lowest BCUT2D eigenvalue weighted by Gasteiger charge is -2.04. The van der Waals surface area contributed by atoms with E-state index in [9.17, 15) is 15.2 Å². The van der Waals surface area contributed by atoms with E-state index >= 15 is 0 Å². The first-order valence-corrected chi connectivity index (χ1v) is 4.86. The molecule has 0 fully saturated rings. The predicted molar refractivity (Wildman–Crippen MR) is 64.6 cm³/mol. The lowest BCUT2D eigenvalue weighted by molar-refractivity contribution is -0.383. The van der Waals surface area contributed by atoms with Crippen LogP contribution in [0.4, 0.5) is 17.3 Å². The van der Waals surface area contributed by atoms with E-state index in [1.54, 1.807) is 12.1 Å². The first kappa shape index (κ1) is 11.6. The molecule has 0 aliphatic carbocycles. The summed E-state index contributed by atoms with van der Waals surface area (Å²) in [6.07, 6.45) is 0. The van der Waals surface area contributed by atoms with Crippen LogP contribution in [-0.4, -0.2) is 20.0 Å². The molecule has 8 nitrogen and oxygen atoms in total. The Bertz CT molecular complexity index is 606. The summed E-state index contributed by atoms with van der Waals surface area (Å²) in [5.41, 5.74) is 10.9. The number of benzene rings is 1. The predicted octanol–water partition coefficient (Wildman–Crippen LogP) is 0.922. The molecule has 0 saturated carbocycles. The van der Waals surface area contributed by atoms with Gasteiger partial charge in [-0.1, -0.05) is 12.1 Å². The van der Waals surface area contributed by atoms with Crippen molar-refractivity contribution in [2.75, 3.05) is 11.5 Å². The summed E-state index contributed by atoms with van der Waals surface area (Å²) in [6.45, 7) is 0. The van der Waals surface area contributed by atoms with Gasteiger partial charge in [0.25, 0.3) is 0 Å². The van der Waals surface area contributed by atoms with Crippen molar-refractivity contribution in [3.8, 4) is 17.1 Å². The van der Waals surface area contributed by atoms with Gasteiger partial charge in [0.2, 0.25) is 11.6 Å². The normalized spacial score (nSPS) is 10.2. The maximum absolute atomic E-state index is 10.7. The van der Waals surface area contributed by atoms with Crippen molar-refractivity contribution in [2.45, 2.75) is 0 Å². The Morgan fingerprint density at radius 2 is 1.83 bits per heavy atom. The summed E-state index contributed by atoms with van der Waals surface area (Å²) in [6, 6.07) is 6.09. The largest absolute Gasteiger partial charge is 0.508 e. The van der Waals surface area contributed by atoms with E-state index in [1.165, 1.54) is 12.1 Å². The number of phenolic OH excluding ortho intramolecular Hbond substituents is 1. The van der Waals surface area contributed by atoms with E-state index < -0.39 is 10.6 Å². The van der Waals surface area contributed by atoms with Crippen LogP contribution in [0.3, 0.4) is 0 Å². The maximum atomic E-state index is 10.7. The standard InChI is InChI=1S/C10H9N5O3/c11-8-7(15(17)18)9(12)14-10(13-8)5-2-1-3-6(16)4-5/h1-4,16H,(H4,11,12,13,14). The van der Waals surface area contributed by atoms with Gasteiger partial charge in [0.1, 0.15) is 5.75 Å². The number of phenols is 1. The zero-order valence-electron chi connectivity index (χ0n) is 9.07. The molecule has 0 amide bonds. The van der Waals surface area contributed by atoms with Crippen LogP contribution in [0.1, 0.15) is 0 Å². The van der Waals surface area contributed by atoms with Gasteiger partial charge in [-0.25, -0.2) is 9.97 Å². The molecule has 2 aromatic rings. The highest BCUT2D eigenvalue weighted by Crippen LogP contribution is 2.29. The van der Waals surface area contributed by atoms with Crippen LogP contribution in [0.2, 0.25) is 0 Å². The molecule has 18 heavy (non-hydrogen) atoms. The van der Waals surface area contributed by atoms with Crippen molar-refractivity contribution in [3.63, 3.8) is 0 Å². The Kier molecular flexibility index (Phi) is 2.68. The second-order valence-corrected chi connectivity index (χ2v) is 3.47. The molecule has 0 saturated heterocycles. The monoisotopic (exact) mass is 247 g/mol. The summed E-state index contributed by atoms with van der Waals surface area (Å²) in [5, 5.41) is 20.0. The number of nitrogens with two attached hydrogens (primary N) is 2. The van der Waals surface area contributed by atoms with Gasteiger partial charge in [-0.2, -0.15) is 0 Å². The van der Waals surface area contributed by atoms with Crippen molar-refractivity contribution >= 4 is 17.3 Å². The SMILES string of the molecule is Nc1nc(-c2cccc(O)c2)nc(N)c1[N+](=O)[O-]. The zero-order chi connectivity index (χ0) is 13.3. The van der Waals surface area contributed by atoms with E-state index in [-0.39, 0.29) is 23.2 Å². The van der Waals surface area contributed by atoms with E-state index in [1.807, 2.05) is 0 Å². The summed E-state index contributed by atoms with van der Waals surface area (Å²) in [4.78, 5) is 17.5. The number of aromatic nitrogens is 2. The Morgan fingerprint density at radius 1 is 1.22 bits per heavy atom. The molecular weight excluding hydrogens is 238 g/mol. The summed E-state index contributed by atoms with van der Waals surface area (Å²) < 4.78 is 0. The van der Waals surface area contributed by atoms with Gasteiger partial charge in [0.15, 0.2) is 5.82 Å². The minimum absolute atomic E-state index is 0.0200. The number of rotatable bonds is 2. The Hall–Kier alpha value is -2.90. The molecule has 1 aromatic carbocycles. The number of hydrogen-bond acceptors (Lipinski definition) is 7. The molecule has 1 aromatic heterocycles. The van der Waals surface area contributed by atoms with Gasteiger partial charge in [-0.05, 0) is 12.1 Å². The third-order valence-corrected chi connectivity index (χ3v) is 2.22. The van der Waals surface area contributed by atoms with Crippen LogP contribution in [0.15, 0.2) is 24.3 Å². The van der Waals surface area contributed by atoms with Crippen LogP contribution < -0.4 is 11.5 Å². The minimum Gasteiger partial charge on any atom is -0.508 e. The molecule has 0 aliphatic heterocycles. The lowest BCUT2D eigenvalue weighted by atomic mass is 10.2. The Morgan fingerprint density at radius 3 is 2.33 bits per heavy atom. The summed E-state index contributed by atoms with van der Waals surface area (Å²) in [5.74, 6) is -0.491. The van der Waals surface area contributed by atoms with Gasteiger partial charge in [-0.3, -0.25) is 10.1 Å². The molecule has 0 atom stereocenters. The second kappa shape index (κ2) is 4.17. The van der Waals surface area contributed by atoms with Crippen LogP contribution in [0.5, 0.6) is 5.75 Å². The van der Waals surface area contributed by atoms with Crippen molar-refractivity contribution < 1.29 is 10.0 Å². The fourth-order valence-electron chi connectivity index (χ4n) is 1.45. The number of hydrogen-bond donors (Lipinski definition) is 3. The van der Waals surface area contributed by atoms with E-state index in [2.05, 4.69) is 9.97 Å². The second-order valence-electron chi connectivity index (χ2n) is 3.47. The number of nitrogen functional groups attached to an aromatic ring is 2. The minimum atomic E-state index is -0.739. The fraction of sp³-hybridized carbons (Fsp3) is 0. The average Bonchev–Trinajstić information content (AvgIpc) is 2.27. The molecule has 8 heteroatoms. The highest BCUT2D eigenvalue weighted by molar-refractivity contribution is 5.70. The number of anilines is 2. The van der Waals surface area contributed by atoms with Crippen LogP contribution >= 0.6 is 0 Å². The number of nitro groups is 1. The molecule has 1 heterocycles. The molecule has 5 N–H and O–H groups in total. The highest BCUT2D eigenvalue weighted by Gasteiger charge is 2.21. The van der Waals surface area contributed by atoms with E-state index in [0.29, 0.717) is 5.56 Å². The van der Waals surface area contributed by atoms with E-state index in [0.717, 1.165) is 0 Å². The van der Waals surface area contributed by atoms with Gasteiger partial charge in [-0.15, -0.1) is 0 Å². The maximum Gasteiger partial charge on any atom is 0.352 e. The molecule has 92 valence electrons. The lowest BCUT2D eigenvalue weighted by Crippen LogP contribution is -2.06. The fourth-order valence-corrected chi connectivity index (χ4v) is 1.45. The smallest absolute Gasteiger partial charge is 0.352 e. The molecule has 0 radical (unpaired) electrons. The quantitative estimate of drug-likeness (QED) is 0.529. The molecular formula is C10H9N5O3. The summed E-state index contributed by atoms with van der Waals surface area (Å²) in [7, 11) is 0. The third kappa shape index (κ3) is 1.98. The van der Waals surface area contributed by atoms with Crippen molar-refractivity contribution in [1.29, 1.82) is 0 Å². The molecule has 0 spiro atoms. The van der Waals surface area contributed by atoms with Gasteiger partial charge < -0.3 is 16.6 Å². The molecule has 2 rings (SSSR count). The average molecular weight is 247 g/mol. The van der Waals surface area contributed by atoms with Crippen molar-refractivity contribution in [2.24, 2.45) is 0 Å². The molecule has 0 bridgehead atoms. The summed E-state index contributed by atoms with van der Waals surface area (Å²) >= 11 is 0. The van der Waals surface area contributed by atoms with Crippen LogP contribution in [-0.2, 0) is 0 Å². The van der Waals surface area contributed by atoms with Gasteiger partial charge >= 0.3 is 5.69 Å². The molecule has 0 aliphatic rings. The van der Waals surface area contributed by atoms with E-state index in [4.69, 9.17) is 11.5 Å². The molecule has 0 unspecified atom stereocenters. The van der Waals surface area contributed by atoms with Crippen molar-refractivity contribution in [1.82, 2.24) is 9.97 Å². The first-order valence-electron chi connectivity index (χ1n) is 4.86. The zero-order valence-corrected chi connectivity index (χ0v) is 9.07. The third-order valence-electron chi connectivity index (χ3n) is 2.22. The van der Waals surface area contributed by atoms with Crippen molar-refractivity contribution in [3.05, 3.63) is 34.4 Å². The Labute approximate surface area is 101 Å².